The molecule has 16 heteroatoms. The molecule has 0 aromatic carbocycles. The first-order valence-corrected chi connectivity index (χ1v) is 11.3. The Kier molecular flexibility index (Phi) is 13.9. The molecule has 192 valence electrons. The van der Waals surface area contributed by atoms with Crippen LogP contribution in [0.1, 0.15) is 32.1 Å². The molecule has 11 N–H and O–H groups in total. The van der Waals surface area contributed by atoms with E-state index in [9.17, 15) is 33.6 Å². The second kappa shape index (κ2) is 15.4. The normalized spacial score (nSPS) is 14.1. The number of nitrogens with one attached hydrogen (secondary N) is 3. The van der Waals surface area contributed by atoms with Crippen molar-refractivity contribution >= 4 is 53.2 Å². The zero-order chi connectivity index (χ0) is 26.4. The second-order valence-corrected chi connectivity index (χ2v) is 8.17. The van der Waals surface area contributed by atoms with E-state index < -0.39 is 78.5 Å². The Morgan fingerprint density at radius 2 is 1.29 bits per heavy atom. The quantitative estimate of drug-likeness (QED) is 0.0947. The Bertz CT molecular complexity index is 794. The van der Waals surface area contributed by atoms with E-state index in [1.807, 2.05) is 5.32 Å². The summed E-state index contributed by atoms with van der Waals surface area (Å²) in [7, 11) is 0. The largest absolute Gasteiger partial charge is 0.481 e. The zero-order valence-corrected chi connectivity index (χ0v) is 19.3. The van der Waals surface area contributed by atoms with Crippen LogP contribution in [0.2, 0.25) is 0 Å². The van der Waals surface area contributed by atoms with Crippen LogP contribution in [0.4, 0.5) is 0 Å². The van der Waals surface area contributed by atoms with Crippen molar-refractivity contribution in [3.8, 4) is 0 Å². The van der Waals surface area contributed by atoms with Crippen molar-refractivity contribution in [1.82, 2.24) is 16.0 Å². The Hall–Kier alpha value is -3.40. The molecule has 0 rings (SSSR count). The van der Waals surface area contributed by atoms with Gasteiger partial charge in [-0.3, -0.25) is 28.8 Å². The van der Waals surface area contributed by atoms with Crippen molar-refractivity contribution < 1.29 is 43.8 Å². The Morgan fingerprint density at radius 1 is 0.765 bits per heavy atom. The molecule has 0 spiro atoms. The van der Waals surface area contributed by atoms with Crippen LogP contribution in [0, 0.1) is 0 Å². The SMILES string of the molecule is CSCCC(NC(=O)C(N)CCC(N)=O)C(=O)NC(CC(N)=O)C(=O)NC(CC(=O)O)C(=O)O. The maximum Gasteiger partial charge on any atom is 0.326 e. The topological polar surface area (TPSA) is 274 Å². The highest BCUT2D eigenvalue weighted by Gasteiger charge is 2.31. The smallest absolute Gasteiger partial charge is 0.326 e. The second-order valence-electron chi connectivity index (χ2n) is 7.18. The number of hydrogen-bond acceptors (Lipinski definition) is 9. The summed E-state index contributed by atoms with van der Waals surface area (Å²) in [5.74, 6) is -7.23. The molecular weight excluding hydrogens is 476 g/mol. The molecule has 0 aliphatic heterocycles. The van der Waals surface area contributed by atoms with Crippen LogP contribution in [0.3, 0.4) is 0 Å². The van der Waals surface area contributed by atoms with Crippen molar-refractivity contribution in [1.29, 1.82) is 0 Å². The summed E-state index contributed by atoms with van der Waals surface area (Å²) in [5.41, 5.74) is 15.8. The summed E-state index contributed by atoms with van der Waals surface area (Å²) in [6.45, 7) is 0. The van der Waals surface area contributed by atoms with Crippen molar-refractivity contribution in [2.75, 3.05) is 12.0 Å². The Morgan fingerprint density at radius 3 is 1.76 bits per heavy atom. The lowest BCUT2D eigenvalue weighted by Gasteiger charge is -2.24. The molecule has 0 saturated heterocycles. The number of aliphatic carboxylic acids is 2. The van der Waals surface area contributed by atoms with Gasteiger partial charge in [-0.15, -0.1) is 0 Å². The Labute approximate surface area is 198 Å². The van der Waals surface area contributed by atoms with Gasteiger partial charge in [-0.2, -0.15) is 11.8 Å². The monoisotopic (exact) mass is 506 g/mol. The number of amides is 5. The molecule has 4 unspecified atom stereocenters. The van der Waals surface area contributed by atoms with Crippen molar-refractivity contribution in [3.63, 3.8) is 0 Å². The third kappa shape index (κ3) is 12.6. The molecule has 0 fully saturated rings. The van der Waals surface area contributed by atoms with Gasteiger partial charge in [0.1, 0.15) is 18.1 Å². The van der Waals surface area contributed by atoms with Crippen molar-refractivity contribution in [2.45, 2.75) is 56.3 Å². The van der Waals surface area contributed by atoms with E-state index in [2.05, 4.69) is 10.6 Å². The molecule has 0 aromatic rings. The number of rotatable bonds is 17. The average molecular weight is 507 g/mol. The number of hydrogen-bond donors (Lipinski definition) is 8. The fourth-order valence-electron chi connectivity index (χ4n) is 2.54. The van der Waals surface area contributed by atoms with Gasteiger partial charge in [-0.25, -0.2) is 4.79 Å². The summed E-state index contributed by atoms with van der Waals surface area (Å²) >= 11 is 1.35. The van der Waals surface area contributed by atoms with Crippen LogP contribution in [0.5, 0.6) is 0 Å². The summed E-state index contributed by atoms with van der Waals surface area (Å²) < 4.78 is 0. The van der Waals surface area contributed by atoms with Crippen molar-refractivity contribution in [2.24, 2.45) is 17.2 Å². The summed E-state index contributed by atoms with van der Waals surface area (Å²) in [6.07, 6.45) is -0.0501. The van der Waals surface area contributed by atoms with Gasteiger partial charge in [0.25, 0.3) is 0 Å². The molecule has 0 heterocycles. The van der Waals surface area contributed by atoms with Gasteiger partial charge in [0, 0.05) is 6.42 Å². The molecule has 5 amide bonds. The van der Waals surface area contributed by atoms with Crippen molar-refractivity contribution in [3.05, 3.63) is 0 Å². The molecule has 0 bridgehead atoms. The van der Waals surface area contributed by atoms with Gasteiger partial charge >= 0.3 is 11.9 Å². The fraction of sp³-hybridized carbons (Fsp3) is 0.611. The minimum absolute atomic E-state index is 0.0646. The molecule has 0 aliphatic carbocycles. The predicted molar refractivity (Wildman–Crippen MR) is 119 cm³/mol. The molecule has 4 atom stereocenters. The van der Waals surface area contributed by atoms with E-state index in [1.54, 1.807) is 6.26 Å². The molecule has 0 radical (unpaired) electrons. The van der Waals surface area contributed by atoms with Gasteiger partial charge in [0.2, 0.25) is 29.5 Å². The highest BCUT2D eigenvalue weighted by atomic mass is 32.2. The van der Waals surface area contributed by atoms with E-state index in [0.717, 1.165) is 0 Å². The van der Waals surface area contributed by atoms with E-state index in [4.69, 9.17) is 27.4 Å². The lowest BCUT2D eigenvalue weighted by atomic mass is 10.1. The fourth-order valence-corrected chi connectivity index (χ4v) is 3.01. The number of nitrogens with two attached hydrogens (primary N) is 3. The lowest BCUT2D eigenvalue weighted by molar-refractivity contribution is -0.147. The van der Waals surface area contributed by atoms with Gasteiger partial charge in [0.15, 0.2) is 0 Å². The van der Waals surface area contributed by atoms with Gasteiger partial charge in [-0.1, -0.05) is 0 Å². The van der Waals surface area contributed by atoms with Crippen LogP contribution in [-0.2, 0) is 33.6 Å². The molecule has 0 aromatic heterocycles. The lowest BCUT2D eigenvalue weighted by Crippen LogP contribution is -2.58. The minimum atomic E-state index is -1.83. The van der Waals surface area contributed by atoms with E-state index in [-0.39, 0.29) is 19.3 Å². The molecular formula is C18H30N6O9S. The van der Waals surface area contributed by atoms with E-state index in [1.165, 1.54) is 11.8 Å². The summed E-state index contributed by atoms with van der Waals surface area (Å²) in [5, 5.41) is 24.4. The number of carboxylic acids is 2. The highest BCUT2D eigenvalue weighted by molar-refractivity contribution is 7.98. The van der Waals surface area contributed by atoms with E-state index in [0.29, 0.717) is 5.75 Å². The van der Waals surface area contributed by atoms with Gasteiger partial charge in [-0.05, 0) is 24.9 Å². The number of carbonyl (C=O) groups excluding carboxylic acids is 5. The maximum absolute atomic E-state index is 12.8. The first-order valence-electron chi connectivity index (χ1n) is 9.95. The third-order valence-corrected chi connectivity index (χ3v) is 4.96. The van der Waals surface area contributed by atoms with Crippen LogP contribution < -0.4 is 33.2 Å². The predicted octanol–water partition coefficient (Wildman–Crippen LogP) is -3.78. The molecule has 0 saturated carbocycles. The standard InChI is InChI=1S/C18H30N6O9S/c1-34-5-4-9(22-15(29)8(19)2-3-12(20)25)16(30)23-10(6-13(21)26)17(31)24-11(18(32)33)7-14(27)28/h8-11H,2-7,19H2,1H3,(H2,20,25)(H2,21,26)(H,22,29)(H,23,30)(H,24,31)(H,27,28)(H,32,33). The van der Waals surface area contributed by atoms with Gasteiger partial charge in [0.05, 0.1) is 18.9 Å². The van der Waals surface area contributed by atoms with Gasteiger partial charge < -0.3 is 43.4 Å². The van der Waals surface area contributed by atoms with E-state index >= 15 is 0 Å². The van der Waals surface area contributed by atoms with Crippen LogP contribution in [-0.4, -0.2) is 87.9 Å². The van der Waals surface area contributed by atoms with Crippen LogP contribution >= 0.6 is 11.8 Å². The maximum atomic E-state index is 12.8. The highest BCUT2D eigenvalue weighted by Crippen LogP contribution is 2.05. The van der Waals surface area contributed by atoms with Crippen LogP contribution in [0.25, 0.3) is 0 Å². The number of carbonyl (C=O) groups is 7. The summed E-state index contributed by atoms with van der Waals surface area (Å²) in [4.78, 5) is 81.8. The molecule has 15 nitrogen and oxygen atoms in total. The number of primary amides is 2. The van der Waals surface area contributed by atoms with Crippen LogP contribution in [0.15, 0.2) is 0 Å². The average Bonchev–Trinajstić information content (AvgIpc) is 2.72. The zero-order valence-electron chi connectivity index (χ0n) is 18.4. The third-order valence-electron chi connectivity index (χ3n) is 4.31. The first-order chi connectivity index (χ1) is 15.8. The Balaban J connectivity index is 5.47. The number of carboxylic acid groups (broad SMARTS) is 2. The molecule has 34 heavy (non-hydrogen) atoms. The first kappa shape index (κ1) is 30.6. The molecule has 0 aliphatic rings. The number of thioether (sulfide) groups is 1. The summed E-state index contributed by atoms with van der Waals surface area (Å²) in [6, 6.07) is -5.81. The minimum Gasteiger partial charge on any atom is -0.481 e.